The molecular weight excluding hydrogens is 384 g/mol. The molecule has 0 fully saturated rings. The quantitative estimate of drug-likeness (QED) is 0.428. The van der Waals surface area contributed by atoms with Crippen LogP contribution in [0, 0.1) is 0 Å². The summed E-state index contributed by atoms with van der Waals surface area (Å²) in [4.78, 5) is 15.3. The molecule has 0 saturated carbocycles. The minimum Gasteiger partial charge on any atom is -0.481 e. The Morgan fingerprint density at radius 1 is 0.828 bits per heavy atom. The normalized spacial score (nSPS) is 10.7. The van der Waals surface area contributed by atoms with Crippen molar-refractivity contribution in [2.75, 3.05) is 12.0 Å². The Bertz CT molecular complexity index is 1020. The highest BCUT2D eigenvalue weighted by Crippen LogP contribution is 2.39. The molecule has 4 rings (SSSR count). The number of aromatic nitrogens is 3. The van der Waals surface area contributed by atoms with E-state index in [9.17, 15) is 0 Å². The van der Waals surface area contributed by atoms with Gasteiger partial charge in [-0.1, -0.05) is 29.8 Å². The number of halogens is 1. The van der Waals surface area contributed by atoms with Crippen LogP contribution in [0.2, 0.25) is 5.02 Å². The first kappa shape index (κ1) is 18.9. The number of hydrogen-bond donors (Lipinski definition) is 0. The van der Waals surface area contributed by atoms with Crippen molar-refractivity contribution in [3.63, 3.8) is 0 Å². The number of pyridine rings is 3. The smallest absolute Gasteiger partial charge is 0.213 e. The van der Waals surface area contributed by atoms with Gasteiger partial charge < -0.3 is 9.64 Å². The van der Waals surface area contributed by atoms with Gasteiger partial charge in [-0.2, -0.15) is 0 Å². The summed E-state index contributed by atoms with van der Waals surface area (Å²) >= 11 is 6.33. The molecule has 3 aromatic heterocycles. The van der Waals surface area contributed by atoms with Gasteiger partial charge in [-0.25, -0.2) is 4.98 Å². The van der Waals surface area contributed by atoms with Gasteiger partial charge in [0, 0.05) is 41.6 Å². The molecule has 0 aliphatic heterocycles. The second-order valence-corrected chi connectivity index (χ2v) is 6.82. The molecule has 6 heteroatoms. The molecule has 0 N–H and O–H groups in total. The predicted octanol–water partition coefficient (Wildman–Crippen LogP) is 5.46. The van der Waals surface area contributed by atoms with Crippen molar-refractivity contribution in [3.8, 4) is 5.88 Å². The van der Waals surface area contributed by atoms with E-state index in [4.69, 9.17) is 16.3 Å². The van der Waals surface area contributed by atoms with Gasteiger partial charge in [-0.05, 0) is 47.5 Å². The summed E-state index contributed by atoms with van der Waals surface area (Å²) in [6.45, 7) is 0. The van der Waals surface area contributed by atoms with Crippen molar-refractivity contribution in [3.05, 3.63) is 108 Å². The van der Waals surface area contributed by atoms with E-state index in [-0.39, 0.29) is 6.04 Å². The molecule has 5 nitrogen and oxygen atoms in total. The number of ether oxygens (including phenoxy) is 1. The zero-order valence-electron chi connectivity index (χ0n) is 15.8. The molecule has 0 amide bonds. The molecule has 0 aliphatic rings. The third-order valence-electron chi connectivity index (χ3n) is 4.55. The van der Waals surface area contributed by atoms with Crippen LogP contribution in [0.15, 0.2) is 91.6 Å². The van der Waals surface area contributed by atoms with E-state index < -0.39 is 0 Å². The number of hydrogen-bond acceptors (Lipinski definition) is 5. The number of anilines is 2. The van der Waals surface area contributed by atoms with Crippen molar-refractivity contribution < 1.29 is 4.74 Å². The fraction of sp³-hybridized carbons (Fsp3) is 0.0870. The van der Waals surface area contributed by atoms with Gasteiger partial charge in [0.1, 0.15) is 0 Å². The molecule has 1 aromatic carbocycles. The lowest BCUT2D eigenvalue weighted by Crippen LogP contribution is -2.25. The molecule has 0 aliphatic carbocycles. The molecule has 144 valence electrons. The van der Waals surface area contributed by atoms with Gasteiger partial charge in [-0.15, -0.1) is 0 Å². The van der Waals surface area contributed by atoms with Gasteiger partial charge in [0.05, 0.1) is 25.0 Å². The molecule has 0 saturated heterocycles. The van der Waals surface area contributed by atoms with Crippen molar-refractivity contribution in [1.82, 2.24) is 15.0 Å². The topological polar surface area (TPSA) is 51.1 Å². The minimum absolute atomic E-state index is 0.175. The van der Waals surface area contributed by atoms with Crippen molar-refractivity contribution in [2.24, 2.45) is 0 Å². The van der Waals surface area contributed by atoms with Crippen LogP contribution in [0.4, 0.5) is 11.4 Å². The summed E-state index contributed by atoms with van der Waals surface area (Å²) in [5.74, 6) is 0.555. The van der Waals surface area contributed by atoms with E-state index in [0.29, 0.717) is 10.9 Å². The highest BCUT2D eigenvalue weighted by atomic mass is 35.5. The van der Waals surface area contributed by atoms with Crippen LogP contribution in [0.3, 0.4) is 0 Å². The van der Waals surface area contributed by atoms with Gasteiger partial charge in [0.2, 0.25) is 5.88 Å². The maximum atomic E-state index is 6.33. The number of nitrogens with zero attached hydrogens (tertiary/aromatic N) is 4. The molecule has 0 atom stereocenters. The standard InChI is InChI=1S/C23H19ClN4O/c1-29-22-10-9-21(16-27-22)28(20-8-2-7-19(24)13-20)23(17-5-3-11-25-14-17)18-6-4-12-26-15-18/h2-16,23H,1H3. The molecule has 3 heterocycles. The lowest BCUT2D eigenvalue weighted by atomic mass is 9.98. The molecule has 4 aromatic rings. The summed E-state index contributed by atoms with van der Waals surface area (Å²) in [5, 5.41) is 0.657. The van der Waals surface area contributed by atoms with Gasteiger partial charge >= 0.3 is 0 Å². The lowest BCUT2D eigenvalue weighted by molar-refractivity contribution is 0.398. The van der Waals surface area contributed by atoms with E-state index in [1.54, 1.807) is 25.7 Å². The van der Waals surface area contributed by atoms with Crippen LogP contribution in [0.5, 0.6) is 5.88 Å². The van der Waals surface area contributed by atoms with Crippen LogP contribution < -0.4 is 9.64 Å². The molecule has 0 unspecified atom stereocenters. The van der Waals surface area contributed by atoms with Crippen LogP contribution in [0.25, 0.3) is 0 Å². The summed E-state index contributed by atoms with van der Waals surface area (Å²) in [6.07, 6.45) is 9.06. The monoisotopic (exact) mass is 402 g/mol. The van der Waals surface area contributed by atoms with Gasteiger partial charge in [0.25, 0.3) is 0 Å². The molecular formula is C23H19ClN4O. The van der Waals surface area contributed by atoms with E-state index in [2.05, 4.69) is 32.0 Å². The summed E-state index contributed by atoms with van der Waals surface area (Å²) in [6, 6.07) is 19.4. The Morgan fingerprint density at radius 3 is 2.07 bits per heavy atom. The first-order chi connectivity index (χ1) is 14.3. The van der Waals surface area contributed by atoms with Gasteiger partial charge in [-0.3, -0.25) is 9.97 Å². The second-order valence-electron chi connectivity index (χ2n) is 6.38. The summed E-state index contributed by atoms with van der Waals surface area (Å²) in [5.41, 5.74) is 3.88. The largest absolute Gasteiger partial charge is 0.481 e. The highest BCUT2D eigenvalue weighted by molar-refractivity contribution is 6.30. The Labute approximate surface area is 174 Å². The maximum absolute atomic E-state index is 6.33. The molecule has 0 radical (unpaired) electrons. The first-order valence-corrected chi connectivity index (χ1v) is 9.49. The molecule has 0 bridgehead atoms. The van der Waals surface area contributed by atoms with E-state index in [1.165, 1.54) is 0 Å². The van der Waals surface area contributed by atoms with Crippen LogP contribution in [-0.4, -0.2) is 22.1 Å². The minimum atomic E-state index is -0.175. The zero-order chi connectivity index (χ0) is 20.1. The molecule has 29 heavy (non-hydrogen) atoms. The van der Waals surface area contributed by atoms with Crippen molar-refractivity contribution >= 4 is 23.0 Å². The van der Waals surface area contributed by atoms with Gasteiger partial charge in [0.15, 0.2) is 0 Å². The third kappa shape index (κ3) is 4.20. The van der Waals surface area contributed by atoms with Crippen LogP contribution in [-0.2, 0) is 0 Å². The molecule has 0 spiro atoms. The van der Waals surface area contributed by atoms with E-state index >= 15 is 0 Å². The number of rotatable bonds is 6. The van der Waals surface area contributed by atoms with E-state index in [1.807, 2.05) is 60.9 Å². The van der Waals surface area contributed by atoms with Crippen molar-refractivity contribution in [1.29, 1.82) is 0 Å². The maximum Gasteiger partial charge on any atom is 0.213 e. The average Bonchev–Trinajstić information content (AvgIpc) is 2.79. The Hall–Kier alpha value is -3.44. The van der Waals surface area contributed by atoms with Crippen LogP contribution >= 0.6 is 11.6 Å². The van der Waals surface area contributed by atoms with Crippen LogP contribution in [0.1, 0.15) is 17.2 Å². The number of methoxy groups -OCH3 is 1. The SMILES string of the molecule is COc1ccc(N(c2cccc(Cl)c2)C(c2cccnc2)c2cccnc2)cn1. The zero-order valence-corrected chi connectivity index (χ0v) is 16.6. The average molecular weight is 403 g/mol. The third-order valence-corrected chi connectivity index (χ3v) is 4.79. The first-order valence-electron chi connectivity index (χ1n) is 9.11. The fourth-order valence-electron chi connectivity index (χ4n) is 3.27. The summed E-state index contributed by atoms with van der Waals surface area (Å²) in [7, 11) is 1.60. The Kier molecular flexibility index (Phi) is 5.68. The van der Waals surface area contributed by atoms with E-state index in [0.717, 1.165) is 22.5 Å². The Morgan fingerprint density at radius 2 is 1.55 bits per heavy atom. The Balaban J connectivity index is 1.93. The predicted molar refractivity (Wildman–Crippen MR) is 115 cm³/mol. The highest BCUT2D eigenvalue weighted by Gasteiger charge is 2.25. The lowest BCUT2D eigenvalue weighted by Gasteiger charge is -2.34. The van der Waals surface area contributed by atoms with Crippen molar-refractivity contribution in [2.45, 2.75) is 6.04 Å². The number of benzene rings is 1. The summed E-state index contributed by atoms with van der Waals surface area (Å²) < 4.78 is 5.23. The fourth-order valence-corrected chi connectivity index (χ4v) is 3.46. The second kappa shape index (κ2) is 8.71.